The van der Waals surface area contributed by atoms with Crippen LogP contribution in [0, 0.1) is 0 Å². The molecule has 3 aromatic carbocycles. The molecule has 0 aliphatic heterocycles. The lowest BCUT2D eigenvalue weighted by Crippen LogP contribution is -2.29. The number of hydrogen-bond donors (Lipinski definition) is 2. The van der Waals surface area contributed by atoms with E-state index in [4.69, 9.17) is 0 Å². The first kappa shape index (κ1) is 18.1. The summed E-state index contributed by atoms with van der Waals surface area (Å²) in [5, 5.41) is 14.9. The summed E-state index contributed by atoms with van der Waals surface area (Å²) in [5.74, 6) is -0.0977. The largest absolute Gasteiger partial charge is 0.505 e. The molecule has 2 N–H and O–H groups in total. The maximum absolute atomic E-state index is 13.1. The molecule has 4 heteroatoms. The maximum Gasteiger partial charge on any atom is 0.252 e. The molecular weight excluding hydrogens is 372 g/mol. The third-order valence-electron chi connectivity index (χ3n) is 5.54. The molecular formula is C26H20N2O2. The quantitative estimate of drug-likeness (QED) is 0.512. The number of fused-ring (bicyclic) bond motifs is 2. The number of pyridine rings is 1. The third kappa shape index (κ3) is 3.22. The number of nitrogens with zero attached hydrogens (tertiary/aromatic N) is 1. The fourth-order valence-corrected chi connectivity index (χ4v) is 3.98. The number of phenols is 1. The van der Waals surface area contributed by atoms with E-state index in [1.165, 1.54) is 0 Å². The molecule has 1 aromatic heterocycles. The molecule has 1 unspecified atom stereocenters. The molecule has 1 amide bonds. The van der Waals surface area contributed by atoms with Crippen molar-refractivity contribution in [2.45, 2.75) is 12.5 Å². The van der Waals surface area contributed by atoms with Crippen molar-refractivity contribution in [1.29, 1.82) is 0 Å². The molecule has 0 bridgehead atoms. The van der Waals surface area contributed by atoms with Gasteiger partial charge in [-0.3, -0.25) is 9.78 Å². The molecule has 1 aliphatic carbocycles. The van der Waals surface area contributed by atoms with Crippen LogP contribution in [0.25, 0.3) is 17.0 Å². The van der Waals surface area contributed by atoms with Crippen LogP contribution < -0.4 is 5.32 Å². The zero-order chi connectivity index (χ0) is 20.5. The van der Waals surface area contributed by atoms with Crippen LogP contribution in [-0.4, -0.2) is 16.0 Å². The monoisotopic (exact) mass is 392 g/mol. The average Bonchev–Trinajstić information content (AvgIpc) is 3.27. The van der Waals surface area contributed by atoms with Crippen LogP contribution in [-0.2, 0) is 6.42 Å². The van der Waals surface area contributed by atoms with Crippen LogP contribution >= 0.6 is 0 Å². The number of benzene rings is 3. The second kappa shape index (κ2) is 7.48. The average molecular weight is 392 g/mol. The van der Waals surface area contributed by atoms with Crippen LogP contribution in [0.5, 0.6) is 5.75 Å². The molecule has 30 heavy (non-hydrogen) atoms. The molecule has 1 atom stereocenters. The fraction of sp³-hybridized carbons (Fsp3) is 0.0769. The lowest BCUT2D eigenvalue weighted by Gasteiger charge is -2.21. The topological polar surface area (TPSA) is 62.2 Å². The summed E-state index contributed by atoms with van der Waals surface area (Å²) in [6.45, 7) is 0. The second-order valence-corrected chi connectivity index (χ2v) is 7.42. The van der Waals surface area contributed by atoms with E-state index in [0.29, 0.717) is 16.6 Å². The van der Waals surface area contributed by atoms with Crippen molar-refractivity contribution in [2.75, 3.05) is 0 Å². The number of amides is 1. The van der Waals surface area contributed by atoms with Crippen LogP contribution in [0.15, 0.2) is 85.1 Å². The van der Waals surface area contributed by atoms with E-state index in [9.17, 15) is 9.90 Å². The van der Waals surface area contributed by atoms with Crippen molar-refractivity contribution in [3.8, 4) is 5.75 Å². The van der Waals surface area contributed by atoms with Crippen molar-refractivity contribution in [3.05, 3.63) is 113 Å². The summed E-state index contributed by atoms with van der Waals surface area (Å²) in [4.78, 5) is 17.5. The Balaban J connectivity index is 1.55. The SMILES string of the molecule is O=C(NC(c1ccccc1)c1ccc2cccnc2c1O)c1ccc2c(c1)CC=C2. The standard InChI is InChI=1S/C26H20N2O2/c29-25-22(14-13-19-10-5-15-27-24(19)25)23(18-6-2-1-3-7-18)28-26(30)21-12-11-17-8-4-9-20(17)16-21/h1-8,10-16,23,29H,9H2,(H,28,30). The zero-order valence-corrected chi connectivity index (χ0v) is 16.2. The van der Waals surface area contributed by atoms with Crippen molar-refractivity contribution in [1.82, 2.24) is 10.3 Å². The summed E-state index contributed by atoms with van der Waals surface area (Å²) >= 11 is 0. The Kier molecular flexibility index (Phi) is 4.52. The van der Waals surface area contributed by atoms with Crippen LogP contribution in [0.4, 0.5) is 0 Å². The van der Waals surface area contributed by atoms with E-state index >= 15 is 0 Å². The predicted molar refractivity (Wildman–Crippen MR) is 118 cm³/mol. The Hall–Kier alpha value is -3.92. The Labute approximate surface area is 174 Å². The lowest BCUT2D eigenvalue weighted by molar-refractivity contribution is 0.0942. The van der Waals surface area contributed by atoms with Crippen molar-refractivity contribution < 1.29 is 9.90 Å². The smallest absolute Gasteiger partial charge is 0.252 e. The number of carbonyl (C=O) groups is 1. The van der Waals surface area contributed by atoms with Gasteiger partial charge in [-0.05, 0) is 41.3 Å². The maximum atomic E-state index is 13.1. The van der Waals surface area contributed by atoms with Gasteiger partial charge < -0.3 is 10.4 Å². The number of rotatable bonds is 4. The van der Waals surface area contributed by atoms with Gasteiger partial charge in [0.25, 0.3) is 5.91 Å². The van der Waals surface area contributed by atoms with Gasteiger partial charge in [0.1, 0.15) is 11.3 Å². The van der Waals surface area contributed by atoms with E-state index in [-0.39, 0.29) is 11.7 Å². The number of allylic oxidation sites excluding steroid dienone is 1. The minimum absolute atomic E-state index is 0.0837. The first-order valence-electron chi connectivity index (χ1n) is 9.92. The molecule has 1 heterocycles. The normalized spacial score (nSPS) is 13.2. The highest BCUT2D eigenvalue weighted by Gasteiger charge is 2.22. The molecule has 4 aromatic rings. The highest BCUT2D eigenvalue weighted by atomic mass is 16.3. The van der Waals surface area contributed by atoms with Crippen molar-refractivity contribution in [3.63, 3.8) is 0 Å². The summed E-state index contributed by atoms with van der Waals surface area (Å²) in [6, 6.07) is 22.4. The van der Waals surface area contributed by atoms with E-state index < -0.39 is 6.04 Å². The summed E-state index contributed by atoms with van der Waals surface area (Å²) in [5.41, 5.74) is 4.94. The van der Waals surface area contributed by atoms with Gasteiger partial charge in [-0.15, -0.1) is 0 Å². The highest BCUT2D eigenvalue weighted by Crippen LogP contribution is 2.34. The van der Waals surface area contributed by atoms with Gasteiger partial charge in [-0.25, -0.2) is 0 Å². The molecule has 0 fully saturated rings. The molecule has 4 nitrogen and oxygen atoms in total. The first-order chi connectivity index (χ1) is 14.7. The predicted octanol–water partition coefficient (Wildman–Crippen LogP) is 5.03. The van der Waals surface area contributed by atoms with Gasteiger partial charge in [0, 0.05) is 22.7 Å². The fourth-order valence-electron chi connectivity index (χ4n) is 3.98. The number of phenolic OH excluding ortho intramolecular Hbond substituents is 1. The van der Waals surface area contributed by atoms with Crippen LogP contribution in [0.3, 0.4) is 0 Å². The summed E-state index contributed by atoms with van der Waals surface area (Å²) in [7, 11) is 0. The van der Waals surface area contributed by atoms with Gasteiger partial charge in [0.15, 0.2) is 0 Å². The van der Waals surface area contributed by atoms with Gasteiger partial charge in [0.05, 0.1) is 6.04 Å². The Morgan fingerprint density at radius 1 is 1.00 bits per heavy atom. The van der Waals surface area contributed by atoms with Gasteiger partial charge in [-0.2, -0.15) is 0 Å². The van der Waals surface area contributed by atoms with Crippen molar-refractivity contribution in [2.24, 2.45) is 0 Å². The Bertz CT molecular complexity index is 1280. The first-order valence-corrected chi connectivity index (χ1v) is 9.92. The molecule has 1 aliphatic rings. The molecule has 0 saturated heterocycles. The zero-order valence-electron chi connectivity index (χ0n) is 16.2. The van der Waals surface area contributed by atoms with E-state index in [1.54, 1.807) is 6.20 Å². The van der Waals surface area contributed by atoms with E-state index in [1.807, 2.05) is 72.8 Å². The number of aromatic nitrogens is 1. The minimum Gasteiger partial charge on any atom is -0.505 e. The number of hydrogen-bond acceptors (Lipinski definition) is 3. The second-order valence-electron chi connectivity index (χ2n) is 7.42. The van der Waals surface area contributed by atoms with E-state index in [2.05, 4.69) is 22.5 Å². The summed E-state index contributed by atoms with van der Waals surface area (Å²) in [6.07, 6.45) is 6.67. The lowest BCUT2D eigenvalue weighted by atomic mass is 9.95. The Morgan fingerprint density at radius 2 is 1.87 bits per heavy atom. The number of nitrogens with one attached hydrogen (secondary N) is 1. The van der Waals surface area contributed by atoms with Crippen molar-refractivity contribution >= 4 is 22.9 Å². The molecule has 5 rings (SSSR count). The number of carbonyl (C=O) groups excluding carboxylic acids is 1. The molecule has 0 spiro atoms. The minimum atomic E-state index is -0.503. The van der Waals surface area contributed by atoms with E-state index in [0.717, 1.165) is 28.5 Å². The Morgan fingerprint density at radius 3 is 2.73 bits per heavy atom. The summed E-state index contributed by atoms with van der Waals surface area (Å²) < 4.78 is 0. The van der Waals surface area contributed by atoms with Crippen LogP contribution in [0.2, 0.25) is 0 Å². The van der Waals surface area contributed by atoms with Gasteiger partial charge >= 0.3 is 0 Å². The van der Waals surface area contributed by atoms with Gasteiger partial charge in [-0.1, -0.05) is 66.7 Å². The molecule has 0 radical (unpaired) electrons. The molecule has 0 saturated carbocycles. The molecule has 146 valence electrons. The third-order valence-corrected chi connectivity index (χ3v) is 5.54. The van der Waals surface area contributed by atoms with Gasteiger partial charge in [0.2, 0.25) is 0 Å². The van der Waals surface area contributed by atoms with Crippen LogP contribution in [0.1, 0.15) is 38.7 Å². The number of aromatic hydroxyl groups is 1. The highest BCUT2D eigenvalue weighted by molar-refractivity contribution is 5.95.